The number of carbonyl (C=O) groups is 6. The molecule has 2 aliphatic rings. The lowest BCUT2D eigenvalue weighted by molar-refractivity contribution is -0.172. The number of esters is 1. The van der Waals surface area contributed by atoms with E-state index in [0.29, 0.717) is 41.0 Å². The van der Waals surface area contributed by atoms with Gasteiger partial charge in [-0.3, -0.25) is 14.4 Å². The lowest BCUT2D eigenvalue weighted by Gasteiger charge is -2.31. The summed E-state index contributed by atoms with van der Waals surface area (Å²) < 4.78 is 18.0. The number of aliphatic hydroxyl groups is 1. The SMILES string of the molecule is CCc1c2c(nc3ccc(OC(=O)N(C)CCN(C)C(=O)OCc4ccc(NC(=O)[C@H](CCCNC(N)=O)NC(=O)[C@H](C)NC(C)C)cc4)cc13)-c1cc3c(c(=O)n1C2)COC(=O)[C@]3(O)CC. The van der Waals surface area contributed by atoms with Crippen LogP contribution in [0.5, 0.6) is 5.75 Å². The topological polar surface area (TPSA) is 266 Å². The summed E-state index contributed by atoms with van der Waals surface area (Å²) in [6.07, 6.45) is -0.0323. The molecule has 3 atom stereocenters. The van der Waals surface area contributed by atoms with Crippen molar-refractivity contribution >= 4 is 52.6 Å². The molecule has 0 saturated heterocycles. The number of pyridine rings is 2. The monoisotopic (exact) mass is 925 g/mol. The number of hydrogen-bond donors (Lipinski definition) is 6. The number of aryl methyl sites for hydroxylation is 1. The molecule has 0 radical (unpaired) electrons. The van der Waals surface area contributed by atoms with Gasteiger partial charge in [0, 0.05) is 62.0 Å². The van der Waals surface area contributed by atoms with Crippen molar-refractivity contribution in [3.8, 4) is 17.1 Å². The van der Waals surface area contributed by atoms with Gasteiger partial charge in [-0.05, 0) is 80.1 Å². The molecule has 0 spiro atoms. The Morgan fingerprint density at radius 1 is 0.955 bits per heavy atom. The van der Waals surface area contributed by atoms with Gasteiger partial charge < -0.3 is 60.7 Å². The summed E-state index contributed by atoms with van der Waals surface area (Å²) in [6, 6.07) is 11.4. The van der Waals surface area contributed by atoms with E-state index in [1.165, 1.54) is 9.80 Å². The van der Waals surface area contributed by atoms with Crippen molar-refractivity contribution in [2.45, 2.75) is 104 Å². The number of urea groups is 1. The van der Waals surface area contributed by atoms with Gasteiger partial charge in [-0.25, -0.2) is 24.2 Å². The van der Waals surface area contributed by atoms with Crippen molar-refractivity contribution < 1.29 is 48.1 Å². The zero-order chi connectivity index (χ0) is 48.7. The van der Waals surface area contributed by atoms with E-state index in [4.69, 9.17) is 24.9 Å². The molecule has 6 rings (SSSR count). The number of hydrogen-bond acceptors (Lipinski definition) is 13. The highest BCUT2D eigenvalue weighted by Gasteiger charge is 2.45. The summed E-state index contributed by atoms with van der Waals surface area (Å²) in [6.45, 7) is 9.58. The van der Waals surface area contributed by atoms with Crippen LogP contribution in [0.2, 0.25) is 0 Å². The molecule has 20 nitrogen and oxygen atoms in total. The zero-order valence-corrected chi connectivity index (χ0v) is 38.8. The van der Waals surface area contributed by atoms with Gasteiger partial charge in [0.2, 0.25) is 11.8 Å². The van der Waals surface area contributed by atoms with Gasteiger partial charge in [0.1, 0.15) is 25.0 Å². The Morgan fingerprint density at radius 3 is 2.31 bits per heavy atom. The molecule has 0 bridgehead atoms. The number of aromatic nitrogens is 2. The second kappa shape index (κ2) is 21.1. The van der Waals surface area contributed by atoms with Crippen LogP contribution in [0.25, 0.3) is 22.3 Å². The molecular formula is C47H59N9O11. The zero-order valence-electron chi connectivity index (χ0n) is 38.8. The second-order valence-electron chi connectivity index (χ2n) is 17.0. The van der Waals surface area contributed by atoms with Crippen LogP contribution >= 0.6 is 0 Å². The summed E-state index contributed by atoms with van der Waals surface area (Å²) in [7, 11) is 3.09. The number of nitrogens with zero attached hydrogens (tertiary/aromatic N) is 4. The maximum atomic E-state index is 13.7. The number of amides is 6. The largest absolute Gasteiger partial charge is 0.458 e. The van der Waals surface area contributed by atoms with Crippen LogP contribution in [0.15, 0.2) is 53.3 Å². The van der Waals surface area contributed by atoms with Gasteiger partial charge in [-0.15, -0.1) is 0 Å². The molecule has 0 aliphatic carbocycles. The van der Waals surface area contributed by atoms with Crippen molar-refractivity contribution in [3.63, 3.8) is 0 Å². The predicted octanol–water partition coefficient (Wildman–Crippen LogP) is 3.60. The summed E-state index contributed by atoms with van der Waals surface area (Å²) in [5.74, 6) is -1.31. The third-order valence-electron chi connectivity index (χ3n) is 11.9. The Hall–Kier alpha value is -7.06. The third kappa shape index (κ3) is 11.1. The highest BCUT2D eigenvalue weighted by molar-refractivity contribution is 5.98. The summed E-state index contributed by atoms with van der Waals surface area (Å²) in [4.78, 5) is 97.1. The molecule has 2 aromatic heterocycles. The van der Waals surface area contributed by atoms with Crippen molar-refractivity contribution in [2.24, 2.45) is 5.73 Å². The fraction of sp³-hybridized carbons (Fsp3) is 0.447. The number of fused-ring (bicyclic) bond motifs is 5. The number of nitrogens with one attached hydrogen (secondary N) is 4. The van der Waals surface area contributed by atoms with Crippen molar-refractivity contribution in [1.29, 1.82) is 0 Å². The highest BCUT2D eigenvalue weighted by atomic mass is 16.6. The Bertz CT molecular complexity index is 2620. The number of anilines is 1. The summed E-state index contributed by atoms with van der Waals surface area (Å²) in [5.41, 5.74) is 7.86. The molecule has 2 aromatic carbocycles. The molecule has 6 amide bonds. The van der Waals surface area contributed by atoms with Crippen LogP contribution in [-0.4, -0.2) is 112 Å². The van der Waals surface area contributed by atoms with E-state index in [0.717, 1.165) is 16.5 Å². The van der Waals surface area contributed by atoms with Gasteiger partial charge in [0.15, 0.2) is 5.60 Å². The highest BCUT2D eigenvalue weighted by Crippen LogP contribution is 2.41. The number of likely N-dealkylation sites (N-methyl/N-ethyl adjacent to an activating group) is 2. The number of ether oxygens (including phenoxy) is 3. The minimum absolute atomic E-state index is 0.0373. The molecule has 7 N–H and O–H groups in total. The second-order valence-corrected chi connectivity index (χ2v) is 17.0. The average Bonchev–Trinajstić information content (AvgIpc) is 3.67. The number of primary amides is 1. The molecule has 4 heterocycles. The number of nitrogens with two attached hydrogens (primary N) is 1. The molecular weight excluding hydrogens is 867 g/mol. The standard InChI is InChI=1S/C47H59N9O11/c1-8-31-32-21-30(16-17-36(32)52-39-33(31)23-56-38(39)22-35-34(42(56)59)25-65-43(60)47(35,64)9-2)67-46(63)55(7)20-19-54(6)45(62)66-24-28-12-14-29(15-13-28)51-41(58)37(11-10-18-49-44(48)61)53-40(57)27(5)50-26(3)4/h12-17,21-22,26-27,37,50,64H,8-11,18-20,23-25H2,1-7H3,(H,51,58)(H,53,57)(H3,48,49,61)/t27-,37-,47-/m0/s1. The smallest absolute Gasteiger partial charge is 0.415 e. The van der Waals surface area contributed by atoms with Gasteiger partial charge >= 0.3 is 24.2 Å². The minimum Gasteiger partial charge on any atom is -0.458 e. The Kier molecular flexibility index (Phi) is 15.5. The van der Waals surface area contributed by atoms with E-state index in [-0.39, 0.29) is 86.6 Å². The predicted molar refractivity (Wildman–Crippen MR) is 247 cm³/mol. The van der Waals surface area contributed by atoms with Crippen molar-refractivity contribution in [3.05, 3.63) is 86.7 Å². The molecule has 67 heavy (non-hydrogen) atoms. The van der Waals surface area contributed by atoms with Gasteiger partial charge in [0.25, 0.3) is 5.56 Å². The first-order valence-electron chi connectivity index (χ1n) is 22.3. The van der Waals surface area contributed by atoms with Crippen molar-refractivity contribution in [2.75, 3.05) is 39.0 Å². The van der Waals surface area contributed by atoms with E-state index >= 15 is 0 Å². The van der Waals surface area contributed by atoms with Crippen LogP contribution in [0.3, 0.4) is 0 Å². The number of cyclic esters (lactones) is 1. The Balaban J connectivity index is 1.01. The van der Waals surface area contributed by atoms with Gasteiger partial charge in [0.05, 0.1) is 35.1 Å². The number of carbonyl (C=O) groups excluding carboxylic acids is 6. The van der Waals surface area contributed by atoms with Gasteiger partial charge in [-0.2, -0.15) is 0 Å². The van der Waals surface area contributed by atoms with E-state index in [2.05, 4.69) is 21.3 Å². The fourth-order valence-electron chi connectivity index (χ4n) is 8.10. The first-order valence-corrected chi connectivity index (χ1v) is 22.3. The van der Waals surface area contributed by atoms with Crippen LogP contribution < -0.4 is 37.3 Å². The van der Waals surface area contributed by atoms with E-state index < -0.39 is 47.8 Å². The van der Waals surface area contributed by atoms with E-state index in [9.17, 15) is 38.7 Å². The average molecular weight is 926 g/mol. The molecule has 358 valence electrons. The molecule has 0 fully saturated rings. The van der Waals surface area contributed by atoms with Crippen LogP contribution in [0.1, 0.15) is 81.7 Å². The molecule has 0 unspecified atom stereocenters. The van der Waals surface area contributed by atoms with Crippen LogP contribution in [0.4, 0.5) is 20.1 Å². The number of benzene rings is 2. The van der Waals surface area contributed by atoms with Crippen molar-refractivity contribution in [1.82, 2.24) is 35.3 Å². The third-order valence-corrected chi connectivity index (χ3v) is 11.9. The Labute approximate surface area is 387 Å². The lowest BCUT2D eigenvalue weighted by Crippen LogP contribution is -2.51. The Morgan fingerprint density at radius 2 is 1.66 bits per heavy atom. The van der Waals surface area contributed by atoms with Crippen LogP contribution in [0, 0.1) is 0 Å². The summed E-state index contributed by atoms with van der Waals surface area (Å²) >= 11 is 0. The van der Waals surface area contributed by atoms with E-state index in [1.54, 1.807) is 81.0 Å². The first-order chi connectivity index (χ1) is 31.8. The molecule has 0 saturated carbocycles. The van der Waals surface area contributed by atoms with E-state index in [1.807, 2.05) is 20.8 Å². The molecule has 4 aromatic rings. The molecule has 2 aliphatic heterocycles. The summed E-state index contributed by atoms with van der Waals surface area (Å²) in [5, 5.41) is 23.1. The lowest BCUT2D eigenvalue weighted by atomic mass is 9.86. The molecule has 20 heteroatoms. The fourth-order valence-corrected chi connectivity index (χ4v) is 8.10. The maximum Gasteiger partial charge on any atom is 0.415 e. The maximum absolute atomic E-state index is 13.7. The quantitative estimate of drug-likeness (QED) is 0.0543. The van der Waals surface area contributed by atoms with Gasteiger partial charge in [-0.1, -0.05) is 39.8 Å². The number of rotatable bonds is 18. The minimum atomic E-state index is -1.94. The normalized spacial score (nSPS) is 15.6. The first kappa shape index (κ1) is 49.4. The van der Waals surface area contributed by atoms with Crippen LogP contribution in [-0.2, 0) is 55.6 Å².